The van der Waals surface area contributed by atoms with Gasteiger partial charge in [0.25, 0.3) is 0 Å². The average molecular weight is 202 g/mol. The van der Waals surface area contributed by atoms with Crippen molar-refractivity contribution in [2.75, 3.05) is 19.6 Å². The fourth-order valence-electron chi connectivity index (χ4n) is 1.36. The summed E-state index contributed by atoms with van der Waals surface area (Å²) < 4.78 is 0. The van der Waals surface area contributed by atoms with Crippen LogP contribution in [0.2, 0.25) is 0 Å². The minimum Gasteiger partial charge on any atom is -0.480 e. The van der Waals surface area contributed by atoms with Crippen LogP contribution in [0.3, 0.4) is 0 Å². The lowest BCUT2D eigenvalue weighted by atomic mass is 10.1. The van der Waals surface area contributed by atoms with Gasteiger partial charge in [-0.05, 0) is 32.5 Å². The second kappa shape index (κ2) is 7.76. The molecule has 84 valence electrons. The van der Waals surface area contributed by atoms with Crippen LogP contribution in [-0.4, -0.2) is 41.7 Å². The van der Waals surface area contributed by atoms with Gasteiger partial charge in [-0.2, -0.15) is 0 Å². The summed E-state index contributed by atoms with van der Waals surface area (Å²) in [6, 6.07) is -0.688. The zero-order valence-electron chi connectivity index (χ0n) is 9.20. The zero-order valence-corrected chi connectivity index (χ0v) is 9.20. The number of rotatable bonds is 8. The molecule has 0 fully saturated rings. The largest absolute Gasteiger partial charge is 0.480 e. The van der Waals surface area contributed by atoms with E-state index in [9.17, 15) is 4.79 Å². The number of nitrogens with zero attached hydrogens (tertiary/aromatic N) is 1. The maximum Gasteiger partial charge on any atom is 0.320 e. The average Bonchev–Trinajstić information content (AvgIpc) is 2.17. The first-order valence-electron chi connectivity index (χ1n) is 5.32. The summed E-state index contributed by atoms with van der Waals surface area (Å²) in [6.07, 6.45) is 2.50. The van der Waals surface area contributed by atoms with Crippen LogP contribution in [0.5, 0.6) is 0 Å². The first-order chi connectivity index (χ1) is 6.61. The highest BCUT2D eigenvalue weighted by molar-refractivity contribution is 5.72. The Balaban J connectivity index is 3.41. The summed E-state index contributed by atoms with van der Waals surface area (Å²) in [6.45, 7) is 7.42. The second-order valence-corrected chi connectivity index (χ2v) is 3.47. The molecule has 0 amide bonds. The summed E-state index contributed by atoms with van der Waals surface area (Å²) >= 11 is 0. The number of hydrogen-bond acceptors (Lipinski definition) is 3. The van der Waals surface area contributed by atoms with Crippen LogP contribution in [-0.2, 0) is 4.79 Å². The van der Waals surface area contributed by atoms with E-state index in [0.717, 1.165) is 32.5 Å². The molecule has 0 radical (unpaired) electrons. The van der Waals surface area contributed by atoms with E-state index in [-0.39, 0.29) is 0 Å². The maximum atomic E-state index is 10.4. The third-order valence-electron chi connectivity index (χ3n) is 2.45. The molecule has 1 atom stereocenters. The molecule has 4 heteroatoms. The van der Waals surface area contributed by atoms with Crippen LogP contribution in [0.4, 0.5) is 0 Å². The predicted octanol–water partition coefficient (Wildman–Crippen LogP) is 0.910. The Morgan fingerprint density at radius 3 is 2.36 bits per heavy atom. The number of carbonyl (C=O) groups is 1. The highest BCUT2D eigenvalue weighted by Gasteiger charge is 2.10. The third kappa shape index (κ3) is 5.94. The molecular formula is C10H22N2O2. The van der Waals surface area contributed by atoms with E-state index in [4.69, 9.17) is 10.8 Å². The Hall–Kier alpha value is -0.610. The van der Waals surface area contributed by atoms with Gasteiger partial charge in [0.05, 0.1) is 0 Å². The second-order valence-electron chi connectivity index (χ2n) is 3.47. The molecule has 0 aliphatic carbocycles. The molecule has 0 saturated carbocycles. The molecule has 3 N–H and O–H groups in total. The molecular weight excluding hydrogens is 180 g/mol. The Labute approximate surface area is 86.1 Å². The Bertz CT molecular complexity index is 158. The van der Waals surface area contributed by atoms with Gasteiger partial charge in [-0.25, -0.2) is 0 Å². The van der Waals surface area contributed by atoms with Crippen LogP contribution >= 0.6 is 0 Å². The number of nitrogens with two attached hydrogens (primary N) is 1. The molecule has 1 unspecified atom stereocenters. The SMILES string of the molecule is CCN(CC)CCCCC(N)C(=O)O. The fraction of sp³-hybridized carbons (Fsp3) is 0.900. The van der Waals surface area contributed by atoms with Gasteiger partial charge in [0.2, 0.25) is 0 Å². The topological polar surface area (TPSA) is 66.6 Å². The highest BCUT2D eigenvalue weighted by Crippen LogP contribution is 2.01. The van der Waals surface area contributed by atoms with E-state index in [1.54, 1.807) is 0 Å². The van der Waals surface area contributed by atoms with Gasteiger partial charge in [0.15, 0.2) is 0 Å². The van der Waals surface area contributed by atoms with Crippen molar-refractivity contribution in [1.82, 2.24) is 4.90 Å². The monoisotopic (exact) mass is 202 g/mol. The molecule has 0 aromatic carbocycles. The van der Waals surface area contributed by atoms with Crippen molar-refractivity contribution >= 4 is 5.97 Å². The number of carboxylic acids is 1. The van der Waals surface area contributed by atoms with E-state index in [2.05, 4.69) is 18.7 Å². The molecule has 0 spiro atoms. The summed E-state index contributed by atoms with van der Waals surface area (Å²) in [4.78, 5) is 12.7. The van der Waals surface area contributed by atoms with Gasteiger partial charge in [0, 0.05) is 0 Å². The van der Waals surface area contributed by atoms with Crippen molar-refractivity contribution < 1.29 is 9.90 Å². The first kappa shape index (κ1) is 13.4. The molecule has 0 rings (SSSR count). The van der Waals surface area contributed by atoms with E-state index in [0.29, 0.717) is 6.42 Å². The smallest absolute Gasteiger partial charge is 0.320 e. The summed E-state index contributed by atoms with van der Waals surface area (Å²) in [5.41, 5.74) is 5.39. The molecule has 0 aromatic heterocycles. The van der Waals surface area contributed by atoms with E-state index >= 15 is 0 Å². The lowest BCUT2D eigenvalue weighted by molar-refractivity contribution is -0.138. The van der Waals surface area contributed by atoms with Gasteiger partial charge in [-0.1, -0.05) is 20.3 Å². The van der Waals surface area contributed by atoms with Gasteiger partial charge in [-0.15, -0.1) is 0 Å². The van der Waals surface area contributed by atoms with Crippen molar-refractivity contribution in [1.29, 1.82) is 0 Å². The van der Waals surface area contributed by atoms with Crippen molar-refractivity contribution in [2.45, 2.75) is 39.2 Å². The number of aliphatic carboxylic acids is 1. The minimum atomic E-state index is -0.896. The lowest BCUT2D eigenvalue weighted by Crippen LogP contribution is -2.30. The maximum absolute atomic E-state index is 10.4. The van der Waals surface area contributed by atoms with Crippen LogP contribution in [0.15, 0.2) is 0 Å². The molecule has 14 heavy (non-hydrogen) atoms. The summed E-state index contributed by atoms with van der Waals surface area (Å²) in [7, 11) is 0. The normalized spacial score (nSPS) is 13.1. The fourth-order valence-corrected chi connectivity index (χ4v) is 1.36. The van der Waals surface area contributed by atoms with Gasteiger partial charge in [0.1, 0.15) is 6.04 Å². The van der Waals surface area contributed by atoms with Crippen LogP contribution in [0.1, 0.15) is 33.1 Å². The molecule has 0 bridgehead atoms. The van der Waals surface area contributed by atoms with Gasteiger partial charge >= 0.3 is 5.97 Å². The van der Waals surface area contributed by atoms with Gasteiger partial charge in [-0.3, -0.25) is 4.79 Å². The van der Waals surface area contributed by atoms with Crippen molar-refractivity contribution in [3.8, 4) is 0 Å². The summed E-state index contributed by atoms with van der Waals surface area (Å²) in [5.74, 6) is -0.896. The van der Waals surface area contributed by atoms with Crippen LogP contribution in [0.25, 0.3) is 0 Å². The standard InChI is InChI=1S/C10H22N2O2/c1-3-12(4-2)8-6-5-7-9(11)10(13)14/h9H,3-8,11H2,1-2H3,(H,13,14). The molecule has 0 aromatic rings. The number of unbranched alkanes of at least 4 members (excludes halogenated alkanes) is 1. The molecule has 4 nitrogen and oxygen atoms in total. The summed E-state index contributed by atoms with van der Waals surface area (Å²) in [5, 5.41) is 8.55. The number of hydrogen-bond donors (Lipinski definition) is 2. The van der Waals surface area contributed by atoms with E-state index in [1.807, 2.05) is 0 Å². The lowest BCUT2D eigenvalue weighted by Gasteiger charge is -2.17. The van der Waals surface area contributed by atoms with Crippen LogP contribution in [0, 0.1) is 0 Å². The third-order valence-corrected chi connectivity index (χ3v) is 2.45. The van der Waals surface area contributed by atoms with Gasteiger partial charge < -0.3 is 15.7 Å². The Kier molecular flexibility index (Phi) is 7.42. The van der Waals surface area contributed by atoms with Crippen molar-refractivity contribution in [2.24, 2.45) is 5.73 Å². The predicted molar refractivity (Wildman–Crippen MR) is 57.3 cm³/mol. The van der Waals surface area contributed by atoms with Crippen molar-refractivity contribution in [3.05, 3.63) is 0 Å². The first-order valence-corrected chi connectivity index (χ1v) is 5.32. The highest BCUT2D eigenvalue weighted by atomic mass is 16.4. The van der Waals surface area contributed by atoms with Crippen LogP contribution < -0.4 is 5.73 Å². The van der Waals surface area contributed by atoms with Crippen molar-refractivity contribution in [3.63, 3.8) is 0 Å². The molecule has 0 heterocycles. The van der Waals surface area contributed by atoms with E-state index < -0.39 is 12.0 Å². The Morgan fingerprint density at radius 1 is 1.36 bits per heavy atom. The quantitative estimate of drug-likeness (QED) is 0.574. The Morgan fingerprint density at radius 2 is 1.93 bits per heavy atom. The molecule has 0 aliphatic heterocycles. The van der Waals surface area contributed by atoms with E-state index in [1.165, 1.54) is 0 Å². The molecule has 0 saturated heterocycles. The minimum absolute atomic E-state index is 0.580. The number of carboxylic acid groups (broad SMARTS) is 1. The zero-order chi connectivity index (χ0) is 11.0. The molecule has 0 aliphatic rings.